The van der Waals surface area contributed by atoms with Crippen LogP contribution in [0.4, 0.5) is 0 Å². The molecule has 0 amide bonds. The van der Waals surface area contributed by atoms with Gasteiger partial charge >= 0.3 is 0 Å². The molecule has 1 aromatic carbocycles. The first-order valence-corrected chi connectivity index (χ1v) is 8.26. The molecule has 3 heteroatoms. The van der Waals surface area contributed by atoms with Gasteiger partial charge in [0, 0.05) is 4.88 Å². The maximum absolute atomic E-state index is 6.37. The van der Waals surface area contributed by atoms with Crippen molar-refractivity contribution in [2.45, 2.75) is 40.7 Å². The Bertz CT molecular complexity index is 589. The van der Waals surface area contributed by atoms with Gasteiger partial charge in [-0.05, 0) is 73.5 Å². The first-order valence-electron chi connectivity index (χ1n) is 7.00. The van der Waals surface area contributed by atoms with E-state index in [0.29, 0.717) is 0 Å². The standard InChI is InChI=1S/C17H22ClNS/c1-6-19-16(17-14(18)7-8-20-17)15-12(4)10(2)9-11(3)13(15)5/h7-9,16,19H,6H2,1-5H3. The van der Waals surface area contributed by atoms with E-state index in [9.17, 15) is 0 Å². The molecular formula is C17H22ClNS. The number of hydrogen-bond donors (Lipinski definition) is 1. The van der Waals surface area contributed by atoms with Crippen molar-refractivity contribution in [1.82, 2.24) is 5.32 Å². The molecule has 2 aromatic rings. The van der Waals surface area contributed by atoms with Gasteiger partial charge in [0.1, 0.15) is 0 Å². The predicted octanol–water partition coefficient (Wildman–Crippen LogP) is 5.33. The summed E-state index contributed by atoms with van der Waals surface area (Å²) in [4.78, 5) is 1.21. The van der Waals surface area contributed by atoms with E-state index >= 15 is 0 Å². The summed E-state index contributed by atoms with van der Waals surface area (Å²) in [5.41, 5.74) is 6.80. The zero-order chi connectivity index (χ0) is 14.9. The zero-order valence-electron chi connectivity index (χ0n) is 12.8. The van der Waals surface area contributed by atoms with Crippen molar-refractivity contribution in [1.29, 1.82) is 0 Å². The molecule has 0 aliphatic heterocycles. The number of halogens is 1. The molecule has 0 saturated carbocycles. The zero-order valence-corrected chi connectivity index (χ0v) is 14.4. The third-order valence-electron chi connectivity index (χ3n) is 4.03. The maximum Gasteiger partial charge on any atom is 0.0691 e. The highest BCUT2D eigenvalue weighted by atomic mass is 35.5. The van der Waals surface area contributed by atoms with Crippen molar-refractivity contribution in [2.24, 2.45) is 0 Å². The maximum atomic E-state index is 6.37. The Morgan fingerprint density at radius 2 is 1.75 bits per heavy atom. The van der Waals surface area contributed by atoms with Crippen molar-refractivity contribution in [3.8, 4) is 0 Å². The van der Waals surface area contributed by atoms with Gasteiger partial charge in [0.05, 0.1) is 11.1 Å². The average molecular weight is 308 g/mol. The second-order valence-electron chi connectivity index (χ2n) is 5.30. The van der Waals surface area contributed by atoms with Gasteiger partial charge in [-0.1, -0.05) is 24.6 Å². The summed E-state index contributed by atoms with van der Waals surface area (Å²) < 4.78 is 0. The summed E-state index contributed by atoms with van der Waals surface area (Å²) in [6, 6.07) is 4.44. The van der Waals surface area contributed by atoms with E-state index in [1.54, 1.807) is 11.3 Å². The lowest BCUT2D eigenvalue weighted by molar-refractivity contribution is 0.632. The van der Waals surface area contributed by atoms with Crippen LogP contribution < -0.4 is 5.32 Å². The van der Waals surface area contributed by atoms with Crippen LogP contribution >= 0.6 is 22.9 Å². The van der Waals surface area contributed by atoms with Crippen LogP contribution in [0.5, 0.6) is 0 Å². The van der Waals surface area contributed by atoms with Gasteiger partial charge in [0.15, 0.2) is 0 Å². The topological polar surface area (TPSA) is 12.0 Å². The molecule has 1 heterocycles. The molecule has 1 nitrogen and oxygen atoms in total. The van der Waals surface area contributed by atoms with E-state index in [0.717, 1.165) is 11.6 Å². The van der Waals surface area contributed by atoms with E-state index in [1.807, 2.05) is 6.07 Å². The molecule has 0 saturated heterocycles. The number of thiophene rings is 1. The third-order valence-corrected chi connectivity index (χ3v) is 5.45. The van der Waals surface area contributed by atoms with E-state index in [4.69, 9.17) is 11.6 Å². The summed E-state index contributed by atoms with van der Waals surface area (Å²) in [6.07, 6.45) is 0. The van der Waals surface area contributed by atoms with Gasteiger partial charge in [-0.3, -0.25) is 0 Å². The molecule has 0 aliphatic rings. The summed E-state index contributed by atoms with van der Waals surface area (Å²) in [7, 11) is 0. The van der Waals surface area contributed by atoms with Crippen LogP contribution in [0.3, 0.4) is 0 Å². The van der Waals surface area contributed by atoms with Crippen molar-refractivity contribution in [3.05, 3.63) is 55.2 Å². The number of nitrogens with one attached hydrogen (secondary N) is 1. The second kappa shape index (κ2) is 6.30. The lowest BCUT2D eigenvalue weighted by Crippen LogP contribution is -2.23. The van der Waals surface area contributed by atoms with Crippen LogP contribution in [0.15, 0.2) is 17.5 Å². The van der Waals surface area contributed by atoms with Crippen LogP contribution in [-0.4, -0.2) is 6.54 Å². The minimum absolute atomic E-state index is 0.186. The second-order valence-corrected chi connectivity index (χ2v) is 6.65. The van der Waals surface area contributed by atoms with E-state index in [2.05, 4.69) is 51.4 Å². The molecule has 1 aromatic heterocycles. The lowest BCUT2D eigenvalue weighted by Gasteiger charge is -2.24. The fourth-order valence-corrected chi connectivity index (χ4v) is 3.97. The monoisotopic (exact) mass is 307 g/mol. The van der Waals surface area contributed by atoms with E-state index in [1.165, 1.54) is 32.7 Å². The van der Waals surface area contributed by atoms with Gasteiger partial charge in [-0.25, -0.2) is 0 Å². The molecule has 1 unspecified atom stereocenters. The van der Waals surface area contributed by atoms with Crippen LogP contribution in [0, 0.1) is 27.7 Å². The Hall–Kier alpha value is -0.830. The largest absolute Gasteiger partial charge is 0.306 e. The SMILES string of the molecule is CCNC(c1sccc1Cl)c1c(C)c(C)cc(C)c1C. The quantitative estimate of drug-likeness (QED) is 0.804. The minimum Gasteiger partial charge on any atom is -0.306 e. The molecule has 1 atom stereocenters. The molecule has 108 valence electrons. The summed E-state index contributed by atoms with van der Waals surface area (Å²) in [5.74, 6) is 0. The third kappa shape index (κ3) is 2.78. The van der Waals surface area contributed by atoms with E-state index in [-0.39, 0.29) is 6.04 Å². The molecule has 0 spiro atoms. The molecule has 1 N–H and O–H groups in total. The summed E-state index contributed by atoms with van der Waals surface area (Å²) in [5, 5.41) is 6.53. The molecule has 0 fully saturated rings. The van der Waals surface area contributed by atoms with Crippen LogP contribution in [0.2, 0.25) is 5.02 Å². The van der Waals surface area contributed by atoms with Gasteiger partial charge in [0.25, 0.3) is 0 Å². The first kappa shape index (κ1) is 15.6. The van der Waals surface area contributed by atoms with Crippen molar-refractivity contribution < 1.29 is 0 Å². The highest BCUT2D eigenvalue weighted by molar-refractivity contribution is 7.10. The molecule has 0 radical (unpaired) electrons. The first-order chi connectivity index (χ1) is 9.47. The van der Waals surface area contributed by atoms with Gasteiger partial charge < -0.3 is 5.32 Å². The molecular weight excluding hydrogens is 286 g/mol. The van der Waals surface area contributed by atoms with Gasteiger partial charge in [-0.2, -0.15) is 0 Å². The number of aryl methyl sites for hydroxylation is 2. The number of benzene rings is 1. The smallest absolute Gasteiger partial charge is 0.0691 e. The van der Waals surface area contributed by atoms with Crippen molar-refractivity contribution in [3.63, 3.8) is 0 Å². The lowest BCUT2D eigenvalue weighted by atomic mass is 9.89. The van der Waals surface area contributed by atoms with Gasteiger partial charge in [-0.15, -0.1) is 11.3 Å². The Morgan fingerprint density at radius 3 is 2.20 bits per heavy atom. The normalized spacial score (nSPS) is 12.7. The molecule has 20 heavy (non-hydrogen) atoms. The molecule has 0 aliphatic carbocycles. The molecule has 0 bridgehead atoms. The van der Waals surface area contributed by atoms with Crippen LogP contribution in [0.25, 0.3) is 0 Å². The Kier molecular flexibility index (Phi) is 4.90. The Morgan fingerprint density at radius 1 is 1.15 bits per heavy atom. The molecule has 2 rings (SSSR count). The predicted molar refractivity (Wildman–Crippen MR) is 90.2 cm³/mol. The van der Waals surface area contributed by atoms with Gasteiger partial charge in [0.2, 0.25) is 0 Å². The van der Waals surface area contributed by atoms with Crippen molar-refractivity contribution in [2.75, 3.05) is 6.54 Å². The fraction of sp³-hybridized carbons (Fsp3) is 0.412. The fourth-order valence-electron chi connectivity index (χ4n) is 2.72. The Balaban J connectivity index is 2.64. The van der Waals surface area contributed by atoms with E-state index < -0.39 is 0 Å². The Labute approximate surface area is 131 Å². The number of hydrogen-bond acceptors (Lipinski definition) is 2. The highest BCUT2D eigenvalue weighted by Crippen LogP contribution is 2.37. The summed E-state index contributed by atoms with van der Waals surface area (Å²) >= 11 is 8.10. The van der Waals surface area contributed by atoms with Crippen molar-refractivity contribution >= 4 is 22.9 Å². The summed E-state index contributed by atoms with van der Waals surface area (Å²) in [6.45, 7) is 11.9. The van der Waals surface area contributed by atoms with Crippen LogP contribution in [-0.2, 0) is 0 Å². The minimum atomic E-state index is 0.186. The highest BCUT2D eigenvalue weighted by Gasteiger charge is 2.22. The average Bonchev–Trinajstić information content (AvgIpc) is 2.82. The van der Waals surface area contributed by atoms with Crippen LogP contribution in [0.1, 0.15) is 45.7 Å². The number of rotatable bonds is 4.